The summed E-state index contributed by atoms with van der Waals surface area (Å²) in [4.78, 5) is 4.62. The molecule has 1 aliphatic carbocycles. The molecule has 0 amide bonds. The molecule has 0 spiro atoms. The number of ether oxygens (including phenoxy) is 2. The van der Waals surface area contributed by atoms with E-state index in [9.17, 15) is 5.26 Å². The van der Waals surface area contributed by atoms with Crippen molar-refractivity contribution < 1.29 is 9.47 Å². The smallest absolute Gasteiger partial charge is 0.144 e. The Morgan fingerprint density at radius 1 is 1.55 bits per heavy atom. The van der Waals surface area contributed by atoms with Crippen LogP contribution in [0.1, 0.15) is 29.7 Å². The van der Waals surface area contributed by atoms with Crippen molar-refractivity contribution in [2.45, 2.75) is 31.3 Å². The summed E-state index contributed by atoms with van der Waals surface area (Å²) >= 11 is 0. The van der Waals surface area contributed by atoms with Crippen LogP contribution in [0.5, 0.6) is 0 Å². The highest BCUT2D eigenvalue weighted by molar-refractivity contribution is 5.55. The molecule has 0 aromatic carbocycles. The highest BCUT2D eigenvalue weighted by atomic mass is 16.5. The number of nitriles is 1. The predicted octanol–water partition coefficient (Wildman–Crippen LogP) is 1.66. The highest BCUT2D eigenvalue weighted by Crippen LogP contribution is 2.27. The molecule has 2 heterocycles. The van der Waals surface area contributed by atoms with E-state index in [0.29, 0.717) is 24.5 Å². The summed E-state index contributed by atoms with van der Waals surface area (Å²) in [7, 11) is 1.71. The van der Waals surface area contributed by atoms with E-state index < -0.39 is 0 Å². The fraction of sp³-hybridized carbons (Fsp3) is 0.600. The van der Waals surface area contributed by atoms with E-state index in [1.807, 2.05) is 6.07 Å². The molecule has 0 radical (unpaired) electrons. The minimum Gasteiger partial charge on any atom is -0.378 e. The number of rotatable bonds is 4. The summed E-state index contributed by atoms with van der Waals surface area (Å²) in [6.45, 7) is 1.92. The Kier molecular flexibility index (Phi) is 3.60. The number of nitrogens with one attached hydrogen (secondary N) is 1. The Hall–Kier alpha value is -1.64. The van der Waals surface area contributed by atoms with Crippen molar-refractivity contribution in [3.63, 3.8) is 0 Å². The highest BCUT2D eigenvalue weighted by Gasteiger charge is 2.35. The van der Waals surface area contributed by atoms with Gasteiger partial charge in [-0.2, -0.15) is 5.26 Å². The number of anilines is 1. The standard InChI is InChI=1S/C15H19N3O2/c1-19-15(5-6-20-10-15)9-17-14-12(8-16)7-11-3-2-4-13(11)18-14/h7H,2-6,9-10H2,1H3,(H,17,18). The number of hydrogen-bond acceptors (Lipinski definition) is 5. The van der Waals surface area contributed by atoms with Crippen LogP contribution in [0.2, 0.25) is 0 Å². The lowest BCUT2D eigenvalue weighted by molar-refractivity contribution is -0.00625. The zero-order valence-electron chi connectivity index (χ0n) is 11.7. The Morgan fingerprint density at radius 3 is 3.15 bits per heavy atom. The van der Waals surface area contributed by atoms with Crippen LogP contribution in [-0.4, -0.2) is 37.5 Å². The Balaban J connectivity index is 1.79. The fourth-order valence-electron chi connectivity index (χ4n) is 2.90. The molecule has 5 heteroatoms. The van der Waals surface area contributed by atoms with Crippen LogP contribution in [0.25, 0.3) is 0 Å². The number of pyridine rings is 1. The average molecular weight is 273 g/mol. The van der Waals surface area contributed by atoms with Gasteiger partial charge in [-0.25, -0.2) is 4.98 Å². The summed E-state index contributed by atoms with van der Waals surface area (Å²) in [5.41, 5.74) is 2.67. The zero-order chi connectivity index (χ0) is 14.0. The van der Waals surface area contributed by atoms with E-state index in [1.54, 1.807) is 7.11 Å². The van der Waals surface area contributed by atoms with E-state index in [-0.39, 0.29) is 5.60 Å². The fourth-order valence-corrected chi connectivity index (χ4v) is 2.90. The van der Waals surface area contributed by atoms with Crippen molar-refractivity contribution >= 4 is 5.82 Å². The molecule has 0 saturated carbocycles. The quantitative estimate of drug-likeness (QED) is 0.903. The van der Waals surface area contributed by atoms with Gasteiger partial charge in [0.05, 0.1) is 12.2 Å². The SMILES string of the molecule is COC1(CNc2nc3c(cc2C#N)CCC3)CCOC1. The number of aromatic nitrogens is 1. The van der Waals surface area contributed by atoms with Crippen LogP contribution in [0.15, 0.2) is 6.07 Å². The summed E-state index contributed by atoms with van der Waals surface area (Å²) in [5.74, 6) is 0.677. The molecule has 1 aromatic heterocycles. The van der Waals surface area contributed by atoms with Crippen molar-refractivity contribution in [1.29, 1.82) is 5.26 Å². The van der Waals surface area contributed by atoms with E-state index >= 15 is 0 Å². The summed E-state index contributed by atoms with van der Waals surface area (Å²) in [6, 6.07) is 4.21. The largest absolute Gasteiger partial charge is 0.378 e. The maximum absolute atomic E-state index is 9.28. The van der Waals surface area contributed by atoms with Crippen molar-refractivity contribution in [2.24, 2.45) is 0 Å². The van der Waals surface area contributed by atoms with Crippen LogP contribution in [-0.2, 0) is 22.3 Å². The lowest BCUT2D eigenvalue weighted by atomic mass is 10.0. The van der Waals surface area contributed by atoms with Gasteiger partial charge in [-0.05, 0) is 30.9 Å². The van der Waals surface area contributed by atoms with Crippen molar-refractivity contribution in [3.05, 3.63) is 22.9 Å². The number of hydrogen-bond donors (Lipinski definition) is 1. The van der Waals surface area contributed by atoms with E-state index in [4.69, 9.17) is 9.47 Å². The van der Waals surface area contributed by atoms with E-state index in [1.165, 1.54) is 5.56 Å². The van der Waals surface area contributed by atoms with Gasteiger partial charge in [0.2, 0.25) is 0 Å². The second-order valence-electron chi connectivity index (χ2n) is 5.50. The molecule has 1 saturated heterocycles. The Labute approximate surface area is 118 Å². The maximum Gasteiger partial charge on any atom is 0.144 e. The lowest BCUT2D eigenvalue weighted by Crippen LogP contribution is -2.39. The Bertz CT molecular complexity index is 545. The van der Waals surface area contributed by atoms with Crippen LogP contribution < -0.4 is 5.32 Å². The van der Waals surface area contributed by atoms with Gasteiger partial charge in [0.15, 0.2) is 0 Å². The molecular formula is C15H19N3O2. The van der Waals surface area contributed by atoms with Crippen LogP contribution >= 0.6 is 0 Å². The first-order chi connectivity index (χ1) is 9.76. The third-order valence-corrected chi connectivity index (χ3v) is 4.25. The first kappa shape index (κ1) is 13.3. The molecule has 0 bridgehead atoms. The number of fused-ring (bicyclic) bond motifs is 1. The van der Waals surface area contributed by atoms with Gasteiger partial charge in [0.25, 0.3) is 0 Å². The molecule has 2 aliphatic rings. The summed E-state index contributed by atoms with van der Waals surface area (Å²) < 4.78 is 11.0. The second kappa shape index (κ2) is 5.39. The third-order valence-electron chi connectivity index (χ3n) is 4.25. The normalized spacial score (nSPS) is 24.4. The van der Waals surface area contributed by atoms with Crippen molar-refractivity contribution in [3.8, 4) is 6.07 Å². The van der Waals surface area contributed by atoms with Gasteiger partial charge in [0, 0.05) is 32.4 Å². The topological polar surface area (TPSA) is 67.2 Å². The minimum atomic E-state index is -0.298. The molecule has 1 aliphatic heterocycles. The predicted molar refractivity (Wildman–Crippen MR) is 74.6 cm³/mol. The molecule has 3 rings (SSSR count). The Morgan fingerprint density at radius 2 is 2.45 bits per heavy atom. The van der Waals surface area contributed by atoms with Crippen molar-refractivity contribution in [1.82, 2.24) is 4.98 Å². The average Bonchev–Trinajstić information content (AvgIpc) is 3.13. The van der Waals surface area contributed by atoms with E-state index in [0.717, 1.165) is 38.0 Å². The molecule has 1 unspecified atom stereocenters. The molecule has 5 nitrogen and oxygen atoms in total. The molecule has 20 heavy (non-hydrogen) atoms. The van der Waals surface area contributed by atoms with Gasteiger partial charge in [-0.15, -0.1) is 0 Å². The summed E-state index contributed by atoms with van der Waals surface area (Å²) in [6.07, 6.45) is 4.04. The minimum absolute atomic E-state index is 0.298. The number of methoxy groups -OCH3 is 1. The number of aryl methyl sites for hydroxylation is 2. The van der Waals surface area contributed by atoms with Gasteiger partial charge in [0.1, 0.15) is 17.5 Å². The van der Waals surface area contributed by atoms with Gasteiger partial charge in [-0.3, -0.25) is 0 Å². The van der Waals surface area contributed by atoms with Crippen LogP contribution in [0, 0.1) is 11.3 Å². The summed E-state index contributed by atoms with van der Waals surface area (Å²) in [5, 5.41) is 12.6. The molecule has 1 N–H and O–H groups in total. The number of nitrogens with zero attached hydrogens (tertiary/aromatic N) is 2. The second-order valence-corrected chi connectivity index (χ2v) is 5.50. The van der Waals surface area contributed by atoms with Gasteiger partial charge < -0.3 is 14.8 Å². The maximum atomic E-state index is 9.28. The monoisotopic (exact) mass is 273 g/mol. The molecule has 1 fully saturated rings. The molecule has 1 aromatic rings. The lowest BCUT2D eigenvalue weighted by Gasteiger charge is -2.26. The van der Waals surface area contributed by atoms with Gasteiger partial charge in [-0.1, -0.05) is 0 Å². The van der Waals surface area contributed by atoms with Crippen molar-refractivity contribution in [2.75, 3.05) is 32.2 Å². The molecule has 106 valence electrons. The van der Waals surface area contributed by atoms with Crippen LogP contribution in [0.4, 0.5) is 5.82 Å². The van der Waals surface area contributed by atoms with E-state index in [2.05, 4.69) is 16.4 Å². The third kappa shape index (κ3) is 2.37. The first-order valence-corrected chi connectivity index (χ1v) is 7.06. The zero-order valence-corrected chi connectivity index (χ0v) is 11.7. The van der Waals surface area contributed by atoms with Crippen LogP contribution in [0.3, 0.4) is 0 Å². The first-order valence-electron chi connectivity index (χ1n) is 7.06. The molecule has 1 atom stereocenters. The molecular weight excluding hydrogens is 254 g/mol. The van der Waals surface area contributed by atoms with Gasteiger partial charge >= 0.3 is 0 Å².